The Kier molecular flexibility index (Phi) is 4.45. The van der Waals surface area contributed by atoms with Gasteiger partial charge in [-0.25, -0.2) is 9.79 Å². The van der Waals surface area contributed by atoms with Crippen molar-refractivity contribution < 1.29 is 4.79 Å². The van der Waals surface area contributed by atoms with Gasteiger partial charge in [0.15, 0.2) is 0 Å². The number of hydrogen-bond donors (Lipinski definition) is 0. The molecule has 0 saturated carbocycles. The van der Waals surface area contributed by atoms with Crippen molar-refractivity contribution in [3.05, 3.63) is 34.9 Å². The first kappa shape index (κ1) is 12.7. The zero-order valence-corrected chi connectivity index (χ0v) is 10.4. The van der Waals surface area contributed by atoms with Gasteiger partial charge in [0.05, 0.1) is 6.54 Å². The van der Waals surface area contributed by atoms with E-state index in [2.05, 4.69) is 50.9 Å². The van der Waals surface area contributed by atoms with Gasteiger partial charge >= 0.3 is 0 Å². The molecule has 0 bridgehead atoms. The molecule has 0 aliphatic rings. The molecule has 0 spiro atoms. The zero-order valence-electron chi connectivity index (χ0n) is 10.4. The van der Waals surface area contributed by atoms with Gasteiger partial charge in [0.25, 0.3) is 0 Å². The first-order chi connectivity index (χ1) is 7.56. The molecule has 2 nitrogen and oxygen atoms in total. The van der Waals surface area contributed by atoms with E-state index in [0.29, 0.717) is 18.4 Å². The largest absolute Gasteiger partial charge is 0.234 e. The molecule has 0 aliphatic heterocycles. The minimum Gasteiger partial charge on any atom is -0.211 e. The second-order valence-corrected chi connectivity index (χ2v) is 4.64. The Hall–Kier alpha value is -1.40. The minimum absolute atomic E-state index is 0.307. The number of rotatable bonds is 4. The Balaban J connectivity index is 3.09. The van der Waals surface area contributed by atoms with E-state index in [0.717, 1.165) is 0 Å². The minimum atomic E-state index is 0.307. The van der Waals surface area contributed by atoms with Gasteiger partial charge in [0.1, 0.15) is 0 Å². The number of hydrogen-bond acceptors (Lipinski definition) is 2. The van der Waals surface area contributed by atoms with Crippen molar-refractivity contribution in [3.8, 4) is 0 Å². The lowest BCUT2D eigenvalue weighted by Crippen LogP contribution is -2.12. The fourth-order valence-electron chi connectivity index (χ4n) is 1.96. The molecule has 1 unspecified atom stereocenters. The summed E-state index contributed by atoms with van der Waals surface area (Å²) in [6, 6.07) is 6.43. The molecule has 0 fully saturated rings. The fraction of sp³-hybridized carbons (Fsp3) is 0.500. The molecule has 1 rings (SSSR count). The van der Waals surface area contributed by atoms with E-state index in [9.17, 15) is 4.79 Å². The highest BCUT2D eigenvalue weighted by Crippen LogP contribution is 2.28. The molecular formula is C14H19NO. The molecule has 1 atom stereocenters. The van der Waals surface area contributed by atoms with Crippen molar-refractivity contribution in [1.82, 2.24) is 0 Å². The zero-order chi connectivity index (χ0) is 12.1. The molecule has 0 N–H and O–H groups in total. The van der Waals surface area contributed by atoms with Gasteiger partial charge in [-0.1, -0.05) is 37.6 Å². The highest BCUT2D eigenvalue weighted by Gasteiger charge is 2.17. The Morgan fingerprint density at radius 2 is 2.00 bits per heavy atom. The third kappa shape index (κ3) is 3.04. The first-order valence-electron chi connectivity index (χ1n) is 5.67. The van der Waals surface area contributed by atoms with E-state index in [-0.39, 0.29) is 0 Å². The van der Waals surface area contributed by atoms with Crippen LogP contribution >= 0.6 is 0 Å². The van der Waals surface area contributed by atoms with Gasteiger partial charge in [-0.15, -0.1) is 0 Å². The van der Waals surface area contributed by atoms with Gasteiger partial charge in [-0.3, -0.25) is 0 Å². The van der Waals surface area contributed by atoms with E-state index in [1.807, 2.05) is 0 Å². The summed E-state index contributed by atoms with van der Waals surface area (Å²) in [6.45, 7) is 9.04. The second-order valence-electron chi connectivity index (χ2n) is 4.64. The molecule has 0 heterocycles. The van der Waals surface area contributed by atoms with E-state index < -0.39 is 0 Å². The Morgan fingerprint density at radius 1 is 1.31 bits per heavy atom. The monoisotopic (exact) mass is 217 g/mol. The summed E-state index contributed by atoms with van der Waals surface area (Å²) in [6.07, 6.45) is 1.63. The maximum absolute atomic E-state index is 10.2. The number of benzene rings is 1. The molecule has 0 saturated heterocycles. The molecule has 0 radical (unpaired) electrons. The molecule has 0 amide bonds. The van der Waals surface area contributed by atoms with E-state index >= 15 is 0 Å². The van der Waals surface area contributed by atoms with Crippen molar-refractivity contribution in [2.24, 2.45) is 10.9 Å². The Bertz CT molecular complexity index is 403. The van der Waals surface area contributed by atoms with Crippen molar-refractivity contribution >= 4 is 6.08 Å². The summed E-state index contributed by atoms with van der Waals surface area (Å²) in [5, 5.41) is 0. The third-order valence-electron chi connectivity index (χ3n) is 2.99. The van der Waals surface area contributed by atoms with Gasteiger partial charge in [0.2, 0.25) is 6.08 Å². The van der Waals surface area contributed by atoms with Crippen LogP contribution in [0.5, 0.6) is 0 Å². The quantitative estimate of drug-likeness (QED) is 0.561. The number of aryl methyl sites for hydroxylation is 2. The van der Waals surface area contributed by atoms with Crippen LogP contribution in [0.15, 0.2) is 23.2 Å². The smallest absolute Gasteiger partial charge is 0.211 e. The topological polar surface area (TPSA) is 29.4 Å². The lowest BCUT2D eigenvalue weighted by atomic mass is 9.85. The van der Waals surface area contributed by atoms with Crippen LogP contribution in [0.1, 0.15) is 36.5 Å². The molecule has 0 aromatic heterocycles. The normalized spacial score (nSPS) is 12.3. The van der Waals surface area contributed by atoms with Crippen molar-refractivity contribution in [2.75, 3.05) is 6.54 Å². The van der Waals surface area contributed by atoms with Gasteiger partial charge in [-0.2, -0.15) is 0 Å². The summed E-state index contributed by atoms with van der Waals surface area (Å²) in [7, 11) is 0. The van der Waals surface area contributed by atoms with E-state index in [4.69, 9.17) is 0 Å². The molecule has 0 aliphatic carbocycles. The number of carbonyl (C=O) groups excluding carboxylic acids is 1. The summed E-state index contributed by atoms with van der Waals surface area (Å²) in [5.41, 5.74) is 3.82. The average molecular weight is 217 g/mol. The van der Waals surface area contributed by atoms with Crippen LogP contribution < -0.4 is 0 Å². The number of aliphatic imine (C=N–C) groups is 1. The second kappa shape index (κ2) is 5.62. The highest BCUT2D eigenvalue weighted by molar-refractivity contribution is 5.36. The van der Waals surface area contributed by atoms with E-state index in [1.54, 1.807) is 6.08 Å². The fourth-order valence-corrected chi connectivity index (χ4v) is 1.96. The third-order valence-corrected chi connectivity index (χ3v) is 2.99. The van der Waals surface area contributed by atoms with Crippen molar-refractivity contribution in [3.63, 3.8) is 0 Å². The highest BCUT2D eigenvalue weighted by atomic mass is 16.1. The summed E-state index contributed by atoms with van der Waals surface area (Å²) < 4.78 is 0. The van der Waals surface area contributed by atoms with Crippen molar-refractivity contribution in [2.45, 2.75) is 33.6 Å². The number of isocyanates is 1. The molecule has 16 heavy (non-hydrogen) atoms. The Labute approximate surface area is 97.4 Å². The molecular weight excluding hydrogens is 198 g/mol. The van der Waals surface area contributed by atoms with Crippen LogP contribution in [-0.4, -0.2) is 12.6 Å². The van der Waals surface area contributed by atoms with E-state index in [1.165, 1.54) is 16.7 Å². The maximum atomic E-state index is 10.2. The molecule has 86 valence electrons. The predicted octanol–water partition coefficient (Wildman–Crippen LogP) is 3.38. The average Bonchev–Trinajstić information content (AvgIpc) is 2.23. The van der Waals surface area contributed by atoms with Crippen LogP contribution in [-0.2, 0) is 4.79 Å². The molecule has 1 aromatic rings. The first-order valence-corrected chi connectivity index (χ1v) is 5.67. The maximum Gasteiger partial charge on any atom is 0.234 e. The van der Waals surface area contributed by atoms with Gasteiger partial charge < -0.3 is 0 Å². The van der Waals surface area contributed by atoms with Crippen LogP contribution in [0.2, 0.25) is 0 Å². The number of nitrogens with zero attached hydrogens (tertiary/aromatic N) is 1. The summed E-state index contributed by atoms with van der Waals surface area (Å²) in [4.78, 5) is 14.0. The molecule has 1 aromatic carbocycles. The van der Waals surface area contributed by atoms with Crippen LogP contribution in [0.25, 0.3) is 0 Å². The van der Waals surface area contributed by atoms with Crippen LogP contribution in [0, 0.1) is 19.8 Å². The SMILES string of the molecule is Cc1ccc(C)c(C(CN=C=O)C(C)C)c1. The standard InChI is InChI=1S/C14H19NO/c1-10(2)14(8-15-9-16)13-7-11(3)5-6-12(13)4/h5-7,10,14H,8H2,1-4H3. The summed E-state index contributed by atoms with van der Waals surface area (Å²) >= 11 is 0. The lowest BCUT2D eigenvalue weighted by molar-refractivity contribution is 0.500. The lowest BCUT2D eigenvalue weighted by Gasteiger charge is -2.21. The van der Waals surface area contributed by atoms with Crippen molar-refractivity contribution in [1.29, 1.82) is 0 Å². The van der Waals surface area contributed by atoms with Crippen LogP contribution in [0.3, 0.4) is 0 Å². The van der Waals surface area contributed by atoms with Crippen LogP contribution in [0.4, 0.5) is 0 Å². The van der Waals surface area contributed by atoms with Gasteiger partial charge in [-0.05, 0) is 30.9 Å². The van der Waals surface area contributed by atoms with Gasteiger partial charge in [0, 0.05) is 5.92 Å². The Morgan fingerprint density at radius 3 is 2.56 bits per heavy atom. The predicted molar refractivity (Wildman–Crippen MR) is 66.5 cm³/mol. The molecule has 2 heteroatoms. The summed E-state index contributed by atoms with van der Waals surface area (Å²) in [5.74, 6) is 0.777.